The second-order valence-electron chi connectivity index (χ2n) is 28.5. The molecule has 0 spiro atoms. The number of methoxy groups -OCH3 is 2. The van der Waals surface area contributed by atoms with Crippen LogP contribution in [0.1, 0.15) is 56.7 Å². The van der Waals surface area contributed by atoms with E-state index in [1.54, 1.807) is 14.2 Å². The molecule has 590 valence electrons. The van der Waals surface area contributed by atoms with Crippen molar-refractivity contribution < 1.29 is 37.9 Å². The van der Waals surface area contributed by atoms with Crippen LogP contribution in [0.25, 0.3) is 182 Å². The predicted octanol–water partition coefficient (Wildman–Crippen LogP) is 20.1. The highest BCUT2D eigenvalue weighted by Gasteiger charge is 2.23. The van der Waals surface area contributed by atoms with E-state index in [2.05, 4.69) is 222 Å². The Morgan fingerprint density at radius 1 is 0.217 bits per heavy atom. The molecule has 4 aliphatic heterocycles. The Morgan fingerprint density at radius 2 is 0.408 bits per heavy atom. The highest BCUT2D eigenvalue weighted by atomic mass is 16.6. The zero-order chi connectivity index (χ0) is 80.8. The number of benzene rings is 4. The number of aromatic nitrogens is 12. The third kappa shape index (κ3) is 17.1. The maximum atomic E-state index is 6.15. The van der Waals surface area contributed by atoms with Crippen LogP contribution >= 0.6 is 0 Å². The van der Waals surface area contributed by atoms with Crippen LogP contribution in [-0.4, -0.2) is 153 Å². The molecule has 14 heterocycles. The Labute approximate surface area is 692 Å². The summed E-state index contributed by atoms with van der Waals surface area (Å²) in [5, 5.41) is 0. The highest BCUT2D eigenvalue weighted by Crippen LogP contribution is 2.43. The normalized spacial score (nSPS) is 12.0. The van der Waals surface area contributed by atoms with Gasteiger partial charge in [-0.3, -0.25) is 19.9 Å². The average molecular weight is 1580 g/mol. The first-order valence-electron chi connectivity index (χ1n) is 39.8. The molecule has 10 aromatic heterocycles. The van der Waals surface area contributed by atoms with E-state index in [-0.39, 0.29) is 0 Å². The Balaban J connectivity index is 0.693. The maximum Gasteiger partial charge on any atom is 0.119 e. The number of ether oxygens (including phenoxy) is 8. The molecule has 0 fully saturated rings. The number of H-pyrrole nitrogens is 4. The van der Waals surface area contributed by atoms with E-state index in [9.17, 15) is 0 Å². The van der Waals surface area contributed by atoms with Crippen LogP contribution < -0.4 is 9.47 Å². The van der Waals surface area contributed by atoms with Crippen molar-refractivity contribution in [2.24, 2.45) is 0 Å². The van der Waals surface area contributed by atoms with Gasteiger partial charge in [-0.2, -0.15) is 0 Å². The Bertz CT molecular complexity index is 6140. The molecule has 0 saturated heterocycles. The lowest BCUT2D eigenvalue weighted by Gasteiger charge is -2.09. The standard InChI is InChI=1S/C100H82N12O8/c1-113-53-55-115-57-59-117-61-63-119-75-17-13-69(14-18-75)95-81-25-33-89(109-81)97(71-37-45-101-46-38-71)85-29-21-77(105-85)93(78-22-30-86(106-78)98(72-39-47-102-48-40-72)90-34-26-82(95)110-90)67-9-5-65(6-10-67)3-4-66-7-11-68(12-8-66)94-79-23-31-87(107-79)99(73-41-49-103-50-42-73)91-35-27-83(111-91)96(70-15-19-76(20-16-70)120-64-62-118-60-58-116-56-54-114-2)84-28-36-92(112-84)100(74-43-51-104-52-44-74)88-32-24-80(94)108-88/h5-52,105,107,110,112H,53-64H2,1-2H3. The Morgan fingerprint density at radius 3 is 0.625 bits per heavy atom. The monoisotopic (exact) mass is 1580 g/mol. The number of nitrogens with zero attached hydrogens (tertiary/aromatic N) is 8. The summed E-state index contributed by atoms with van der Waals surface area (Å²) < 4.78 is 45.1. The lowest BCUT2D eigenvalue weighted by molar-refractivity contribution is 0.0180. The molecule has 14 aromatic rings. The van der Waals surface area contributed by atoms with E-state index in [4.69, 9.17) is 57.8 Å². The van der Waals surface area contributed by atoms with Gasteiger partial charge in [0.05, 0.1) is 112 Å². The fourth-order valence-corrected chi connectivity index (χ4v) is 15.3. The van der Waals surface area contributed by atoms with Gasteiger partial charge in [0.1, 0.15) is 24.7 Å². The van der Waals surface area contributed by atoms with Crippen molar-refractivity contribution in [3.05, 3.63) is 300 Å². The highest BCUT2D eigenvalue weighted by molar-refractivity contribution is 6.03. The molecule has 18 rings (SSSR count). The molecular weight excluding hydrogens is 1500 g/mol. The van der Waals surface area contributed by atoms with Crippen molar-refractivity contribution in [2.75, 3.05) is 93.5 Å². The van der Waals surface area contributed by atoms with Gasteiger partial charge >= 0.3 is 0 Å². The minimum absolute atomic E-state index is 0.389. The summed E-state index contributed by atoms with van der Waals surface area (Å²) in [6, 6.07) is 66.2. The van der Waals surface area contributed by atoms with Crippen LogP contribution in [0.4, 0.5) is 0 Å². The van der Waals surface area contributed by atoms with Gasteiger partial charge < -0.3 is 57.8 Å². The molecule has 0 radical (unpaired) electrons. The number of hydrogen-bond acceptors (Lipinski definition) is 16. The van der Waals surface area contributed by atoms with Gasteiger partial charge in [-0.15, -0.1) is 0 Å². The molecule has 0 aliphatic carbocycles. The third-order valence-corrected chi connectivity index (χ3v) is 21.0. The van der Waals surface area contributed by atoms with Crippen LogP contribution in [0.15, 0.2) is 244 Å². The Hall–Kier alpha value is -14.4. The van der Waals surface area contributed by atoms with Crippen LogP contribution in [0.5, 0.6) is 11.5 Å². The number of hydrogen-bond donors (Lipinski definition) is 4. The molecule has 120 heavy (non-hydrogen) atoms. The van der Waals surface area contributed by atoms with Crippen molar-refractivity contribution in [3.63, 3.8) is 0 Å². The topological polar surface area (TPSA) is 240 Å². The minimum atomic E-state index is 0.389. The summed E-state index contributed by atoms with van der Waals surface area (Å²) in [5.74, 6) is 8.46. The first-order chi connectivity index (χ1) is 59.4. The lowest BCUT2D eigenvalue weighted by Crippen LogP contribution is -2.12. The molecule has 16 bridgehead atoms. The van der Waals surface area contributed by atoms with Gasteiger partial charge in [-0.1, -0.05) is 60.4 Å². The summed E-state index contributed by atoms with van der Waals surface area (Å²) in [5.41, 5.74) is 29.8. The molecule has 20 heteroatoms. The van der Waals surface area contributed by atoms with E-state index in [0.717, 1.165) is 201 Å². The van der Waals surface area contributed by atoms with Crippen molar-refractivity contribution >= 4 is 92.7 Å². The molecular formula is C100H82N12O8. The lowest BCUT2D eigenvalue weighted by atomic mass is 10.0. The number of fused-ring (bicyclic) bond motifs is 16. The largest absolute Gasteiger partial charge is 0.491 e. The first kappa shape index (κ1) is 76.9. The molecule has 4 aromatic carbocycles. The molecule has 20 nitrogen and oxygen atoms in total. The second-order valence-corrected chi connectivity index (χ2v) is 28.5. The summed E-state index contributed by atoms with van der Waals surface area (Å²) in [6.45, 7) is 5.70. The van der Waals surface area contributed by atoms with E-state index in [1.165, 1.54) is 0 Å². The summed E-state index contributed by atoms with van der Waals surface area (Å²) in [7, 11) is 3.31. The zero-order valence-electron chi connectivity index (χ0n) is 66.0. The molecule has 4 aliphatic rings. The Kier molecular flexibility index (Phi) is 23.3. The molecule has 0 saturated carbocycles. The van der Waals surface area contributed by atoms with Gasteiger partial charge in [0.15, 0.2) is 0 Å². The molecule has 0 amide bonds. The predicted molar refractivity (Wildman–Crippen MR) is 476 cm³/mol. The van der Waals surface area contributed by atoms with E-state index in [0.29, 0.717) is 79.3 Å². The number of rotatable bonds is 28. The van der Waals surface area contributed by atoms with Gasteiger partial charge in [0, 0.05) is 164 Å². The summed E-state index contributed by atoms with van der Waals surface area (Å²) in [6.07, 6.45) is 31.3. The van der Waals surface area contributed by atoms with Gasteiger partial charge in [-0.25, -0.2) is 19.9 Å². The maximum absolute atomic E-state index is 6.15. The summed E-state index contributed by atoms with van der Waals surface area (Å²) >= 11 is 0. The quantitative estimate of drug-likeness (QED) is 0.0263. The smallest absolute Gasteiger partial charge is 0.119 e. The number of pyridine rings is 4. The second kappa shape index (κ2) is 36.4. The SMILES string of the molecule is COCCOCCOCCOc1ccc(-c2c3nc(c(-c4ccncc4)c4ccc([nH]4)c(-c4ccc(C#Cc5ccc(-c6c7nc(c(-c8ccncc8)c8ccc([nH]8)c(-c8ccc(OCCOCCOCCOC)cc8)c8nc(c(-c9ccncc9)c9ccc6[nH]9)C=C8)C=C7)cc5)cc4)c4nc(c(-c5ccncc5)c5ccc2[nH]5)C=C4)C=C3)cc1. The van der Waals surface area contributed by atoms with Crippen LogP contribution in [-0.2, 0) is 28.4 Å². The third-order valence-electron chi connectivity index (χ3n) is 21.0. The fourth-order valence-electron chi connectivity index (χ4n) is 15.3. The van der Waals surface area contributed by atoms with Crippen molar-refractivity contribution in [1.82, 2.24) is 59.8 Å². The van der Waals surface area contributed by atoms with E-state index >= 15 is 0 Å². The van der Waals surface area contributed by atoms with Gasteiger partial charge in [0.2, 0.25) is 0 Å². The first-order valence-corrected chi connectivity index (χ1v) is 39.8. The fraction of sp³-hybridized carbons (Fsp3) is 0.140. The van der Waals surface area contributed by atoms with Crippen LogP contribution in [0.3, 0.4) is 0 Å². The van der Waals surface area contributed by atoms with Crippen molar-refractivity contribution in [2.45, 2.75) is 0 Å². The van der Waals surface area contributed by atoms with Crippen LogP contribution in [0, 0.1) is 11.8 Å². The average Bonchev–Trinajstić information content (AvgIpc) is 1.62. The summed E-state index contributed by atoms with van der Waals surface area (Å²) in [4.78, 5) is 55.3. The van der Waals surface area contributed by atoms with Gasteiger partial charge in [0.25, 0.3) is 0 Å². The number of aromatic amines is 4. The van der Waals surface area contributed by atoms with E-state index < -0.39 is 0 Å². The van der Waals surface area contributed by atoms with Crippen molar-refractivity contribution in [1.29, 1.82) is 0 Å². The molecule has 4 N–H and O–H groups in total. The van der Waals surface area contributed by atoms with Crippen molar-refractivity contribution in [3.8, 4) is 112 Å². The molecule has 0 unspecified atom stereocenters. The van der Waals surface area contributed by atoms with E-state index in [1.807, 2.05) is 122 Å². The minimum Gasteiger partial charge on any atom is -0.491 e. The van der Waals surface area contributed by atoms with Crippen LogP contribution in [0.2, 0.25) is 0 Å². The number of nitrogens with one attached hydrogen (secondary N) is 4. The zero-order valence-corrected chi connectivity index (χ0v) is 66.0. The van der Waals surface area contributed by atoms with Gasteiger partial charge in [-0.05, 0) is 239 Å². The molecule has 0 atom stereocenters.